The molecule has 0 aromatic carbocycles. The van der Waals surface area contributed by atoms with Crippen LogP contribution in [0.3, 0.4) is 0 Å². The van der Waals surface area contributed by atoms with Gasteiger partial charge in [-0.25, -0.2) is 9.78 Å². The zero-order valence-corrected chi connectivity index (χ0v) is 20.8. The number of piperidine rings is 2. The normalized spacial score (nSPS) is 21.6. The van der Waals surface area contributed by atoms with Crippen LogP contribution in [-0.2, 0) is 0 Å². The summed E-state index contributed by atoms with van der Waals surface area (Å²) in [5, 5.41) is 7.80. The van der Waals surface area contributed by atoms with E-state index in [1.165, 1.54) is 69.3 Å². The van der Waals surface area contributed by atoms with Gasteiger partial charge in [0, 0.05) is 45.3 Å². The number of amides is 1. The third-order valence-electron chi connectivity index (χ3n) is 7.90. The molecular weight excluding hydrogens is 426 g/mol. The molecule has 3 aliphatic heterocycles. The van der Waals surface area contributed by atoms with Crippen molar-refractivity contribution in [2.75, 3.05) is 57.3 Å². The van der Waals surface area contributed by atoms with Gasteiger partial charge in [-0.3, -0.25) is 0 Å². The molecule has 0 atom stereocenters. The monoisotopic (exact) mass is 467 g/mol. The van der Waals surface area contributed by atoms with Gasteiger partial charge in [0.2, 0.25) is 0 Å². The van der Waals surface area contributed by atoms with E-state index in [9.17, 15) is 4.79 Å². The molecule has 5 heterocycles. The maximum Gasteiger partial charge on any atom is 0.342 e. The molecule has 3 saturated heterocycles. The van der Waals surface area contributed by atoms with Gasteiger partial charge in [0.25, 0.3) is 0 Å². The van der Waals surface area contributed by atoms with Crippen LogP contribution in [0.1, 0.15) is 63.5 Å². The number of hydrogen-bond acceptors (Lipinski definition) is 6. The summed E-state index contributed by atoms with van der Waals surface area (Å²) in [6.45, 7) is 11.0. The van der Waals surface area contributed by atoms with Crippen LogP contribution < -0.4 is 10.2 Å². The maximum absolute atomic E-state index is 13.1. The van der Waals surface area contributed by atoms with E-state index in [1.54, 1.807) is 0 Å². The largest absolute Gasteiger partial charge is 0.357 e. The molecule has 0 saturated carbocycles. The first kappa shape index (κ1) is 23.5. The van der Waals surface area contributed by atoms with Crippen LogP contribution in [-0.4, -0.2) is 89.0 Å². The van der Waals surface area contributed by atoms with Crippen molar-refractivity contribution in [2.24, 2.45) is 0 Å². The van der Waals surface area contributed by atoms with Crippen LogP contribution in [0.25, 0.3) is 11.0 Å². The highest BCUT2D eigenvalue weighted by molar-refractivity contribution is 5.90. The lowest BCUT2D eigenvalue weighted by Crippen LogP contribution is -2.47. The molecule has 2 aromatic heterocycles. The average Bonchev–Trinajstić information content (AvgIpc) is 3.03. The number of hydrogen-bond donors (Lipinski definition) is 1. The Hall–Kier alpha value is -2.19. The summed E-state index contributed by atoms with van der Waals surface area (Å²) in [7, 11) is 0. The minimum atomic E-state index is -0.130. The number of aryl methyl sites for hydroxylation is 1. The molecule has 2 aromatic rings. The molecule has 186 valence electrons. The quantitative estimate of drug-likeness (QED) is 0.724. The Kier molecular flexibility index (Phi) is 7.64. The average molecular weight is 468 g/mol. The summed E-state index contributed by atoms with van der Waals surface area (Å²) in [5.41, 5.74) is 2.45. The summed E-state index contributed by atoms with van der Waals surface area (Å²) in [5.74, 6) is 1.01. The highest BCUT2D eigenvalue weighted by atomic mass is 16.2. The van der Waals surface area contributed by atoms with E-state index in [-0.39, 0.29) is 12.1 Å². The Bertz CT molecular complexity index is 951. The smallest absolute Gasteiger partial charge is 0.342 e. The van der Waals surface area contributed by atoms with Crippen molar-refractivity contribution in [3.05, 3.63) is 17.8 Å². The number of pyridine rings is 1. The van der Waals surface area contributed by atoms with Gasteiger partial charge in [0.15, 0.2) is 0 Å². The molecular formula is C26H41N7O. The summed E-state index contributed by atoms with van der Waals surface area (Å²) < 4.78 is 1.52. The van der Waals surface area contributed by atoms with Crippen molar-refractivity contribution in [2.45, 2.75) is 70.8 Å². The first-order chi connectivity index (χ1) is 16.7. The van der Waals surface area contributed by atoms with Crippen molar-refractivity contribution in [3.63, 3.8) is 0 Å². The van der Waals surface area contributed by atoms with Crippen molar-refractivity contribution < 1.29 is 4.79 Å². The fraction of sp³-hybridized carbons (Fsp3) is 0.731. The first-order valence-corrected chi connectivity index (χ1v) is 13.5. The number of nitrogens with one attached hydrogen (secondary N) is 1. The van der Waals surface area contributed by atoms with Crippen molar-refractivity contribution in [1.82, 2.24) is 29.9 Å². The standard InChI is InChI=1S/C26H41N7O/c1-21-25-23(9-10-24(28-25)32-15-7-2-3-8-16-32)33(29-21)26(34)27-22-11-17-31(18-12-22)20-19-30-13-5-4-6-14-30/h9-10,22H,2-8,11-20H2,1H3,(H,27,34). The summed E-state index contributed by atoms with van der Waals surface area (Å²) in [4.78, 5) is 25.6. The molecule has 0 bridgehead atoms. The summed E-state index contributed by atoms with van der Waals surface area (Å²) in [6, 6.07) is 4.15. The fourth-order valence-electron chi connectivity index (χ4n) is 5.76. The van der Waals surface area contributed by atoms with Gasteiger partial charge in [-0.05, 0) is 70.7 Å². The van der Waals surface area contributed by atoms with Crippen molar-refractivity contribution in [3.8, 4) is 0 Å². The Labute approximate surface area is 203 Å². The SMILES string of the molecule is Cc1nn(C(=O)NC2CCN(CCN3CCCCC3)CC2)c2ccc(N3CCCCCC3)nc12. The van der Waals surface area contributed by atoms with E-state index in [0.29, 0.717) is 0 Å². The van der Waals surface area contributed by atoms with Crippen LogP contribution >= 0.6 is 0 Å². The molecule has 34 heavy (non-hydrogen) atoms. The Morgan fingerprint density at radius 3 is 2.21 bits per heavy atom. The zero-order chi connectivity index (χ0) is 23.3. The number of rotatable bonds is 5. The molecule has 1 amide bonds. The predicted octanol–water partition coefficient (Wildman–Crippen LogP) is 3.63. The van der Waals surface area contributed by atoms with Crippen LogP contribution in [0, 0.1) is 6.92 Å². The van der Waals surface area contributed by atoms with Gasteiger partial charge in [0.05, 0.1) is 11.2 Å². The lowest BCUT2D eigenvalue weighted by atomic mass is 10.1. The molecule has 1 N–H and O–H groups in total. The van der Waals surface area contributed by atoms with Crippen molar-refractivity contribution in [1.29, 1.82) is 0 Å². The minimum Gasteiger partial charge on any atom is -0.357 e. The molecule has 3 aliphatic rings. The molecule has 8 nitrogen and oxygen atoms in total. The van der Waals surface area contributed by atoms with Gasteiger partial charge in [-0.1, -0.05) is 19.3 Å². The Morgan fingerprint density at radius 1 is 0.882 bits per heavy atom. The highest BCUT2D eigenvalue weighted by Gasteiger charge is 2.24. The Balaban J connectivity index is 1.16. The van der Waals surface area contributed by atoms with Gasteiger partial charge in [-0.2, -0.15) is 9.78 Å². The molecule has 8 heteroatoms. The third-order valence-corrected chi connectivity index (χ3v) is 7.90. The second kappa shape index (κ2) is 11.0. The number of likely N-dealkylation sites (tertiary alicyclic amines) is 2. The van der Waals surface area contributed by atoms with Crippen LogP contribution in [0.15, 0.2) is 12.1 Å². The summed E-state index contributed by atoms with van der Waals surface area (Å²) in [6.07, 6.45) is 11.1. The topological polar surface area (TPSA) is 69.5 Å². The van der Waals surface area contributed by atoms with Gasteiger partial charge in [0.1, 0.15) is 11.3 Å². The number of carbonyl (C=O) groups is 1. The number of carbonyl (C=O) groups excluding carboxylic acids is 1. The molecule has 3 fully saturated rings. The van der Waals surface area contributed by atoms with Gasteiger partial charge in [-0.15, -0.1) is 0 Å². The van der Waals surface area contributed by atoms with Crippen molar-refractivity contribution >= 4 is 22.9 Å². The van der Waals surface area contributed by atoms with E-state index in [1.807, 2.05) is 13.0 Å². The first-order valence-electron chi connectivity index (χ1n) is 13.5. The lowest BCUT2D eigenvalue weighted by Gasteiger charge is -2.34. The molecule has 0 spiro atoms. The predicted molar refractivity (Wildman–Crippen MR) is 137 cm³/mol. The van der Waals surface area contributed by atoms with E-state index < -0.39 is 0 Å². The molecule has 5 rings (SSSR count). The van der Waals surface area contributed by atoms with Gasteiger partial charge < -0.3 is 20.0 Å². The number of nitrogens with zero attached hydrogens (tertiary/aromatic N) is 6. The molecule has 0 unspecified atom stereocenters. The second-order valence-electron chi connectivity index (χ2n) is 10.4. The third kappa shape index (κ3) is 5.54. The minimum absolute atomic E-state index is 0.130. The van der Waals surface area contributed by atoms with Crippen LogP contribution in [0.2, 0.25) is 0 Å². The number of aromatic nitrogens is 3. The molecule has 0 aliphatic carbocycles. The fourth-order valence-corrected chi connectivity index (χ4v) is 5.76. The number of fused-ring (bicyclic) bond motifs is 1. The zero-order valence-electron chi connectivity index (χ0n) is 20.8. The summed E-state index contributed by atoms with van der Waals surface area (Å²) >= 11 is 0. The number of anilines is 1. The van der Waals surface area contributed by atoms with Crippen LogP contribution in [0.5, 0.6) is 0 Å². The molecule has 0 radical (unpaired) electrons. The van der Waals surface area contributed by atoms with E-state index in [4.69, 9.17) is 4.98 Å². The highest BCUT2D eigenvalue weighted by Crippen LogP contribution is 2.23. The Morgan fingerprint density at radius 2 is 1.50 bits per heavy atom. The maximum atomic E-state index is 13.1. The van der Waals surface area contributed by atoms with E-state index >= 15 is 0 Å². The second-order valence-corrected chi connectivity index (χ2v) is 10.4. The lowest BCUT2D eigenvalue weighted by molar-refractivity contribution is 0.153. The van der Waals surface area contributed by atoms with Gasteiger partial charge >= 0.3 is 6.03 Å². The van der Waals surface area contributed by atoms with E-state index in [0.717, 1.165) is 68.1 Å². The van der Waals surface area contributed by atoms with E-state index in [2.05, 4.69) is 31.2 Å². The van der Waals surface area contributed by atoms with Crippen LogP contribution in [0.4, 0.5) is 10.6 Å².